The molecule has 2 amide bonds. The van der Waals surface area contributed by atoms with E-state index in [1.807, 2.05) is 0 Å². The first-order valence-corrected chi connectivity index (χ1v) is 8.49. The molecule has 0 aromatic heterocycles. The van der Waals surface area contributed by atoms with E-state index in [1.54, 1.807) is 45.2 Å². The molecule has 0 spiro atoms. The third-order valence-corrected chi connectivity index (χ3v) is 4.21. The highest BCUT2D eigenvalue weighted by Crippen LogP contribution is 2.12. The van der Waals surface area contributed by atoms with Crippen LogP contribution < -0.4 is 16.0 Å². The van der Waals surface area contributed by atoms with Gasteiger partial charge in [0.15, 0.2) is 5.78 Å². The Kier molecular flexibility index (Phi) is 6.52. The average molecular weight is 359 g/mol. The van der Waals surface area contributed by atoms with Gasteiger partial charge in [-0.15, -0.1) is 6.58 Å². The third-order valence-electron chi connectivity index (χ3n) is 4.21. The highest BCUT2D eigenvalue weighted by atomic mass is 16.5. The Morgan fingerprint density at radius 1 is 1.31 bits per heavy atom. The summed E-state index contributed by atoms with van der Waals surface area (Å²) in [6.45, 7) is 7.30. The number of anilines is 1. The maximum atomic E-state index is 12.6. The highest BCUT2D eigenvalue weighted by Gasteiger charge is 2.35. The van der Waals surface area contributed by atoms with E-state index in [0.717, 1.165) is 11.3 Å². The van der Waals surface area contributed by atoms with Gasteiger partial charge in [0, 0.05) is 18.3 Å². The van der Waals surface area contributed by atoms with Crippen molar-refractivity contribution in [3.05, 3.63) is 42.0 Å². The van der Waals surface area contributed by atoms with Crippen LogP contribution in [0.5, 0.6) is 0 Å². The van der Waals surface area contributed by atoms with E-state index in [-0.39, 0.29) is 30.8 Å². The highest BCUT2D eigenvalue weighted by molar-refractivity contribution is 5.99. The van der Waals surface area contributed by atoms with Gasteiger partial charge in [0.1, 0.15) is 18.7 Å². The van der Waals surface area contributed by atoms with E-state index in [4.69, 9.17) is 4.74 Å². The van der Waals surface area contributed by atoms with Crippen molar-refractivity contribution >= 4 is 23.3 Å². The van der Waals surface area contributed by atoms with Crippen LogP contribution in [0, 0.1) is 0 Å². The van der Waals surface area contributed by atoms with Gasteiger partial charge < -0.3 is 20.7 Å². The molecule has 0 unspecified atom stereocenters. The maximum absolute atomic E-state index is 12.6. The molecule has 2 rings (SSSR count). The number of hydrogen-bond acceptors (Lipinski definition) is 5. The SMILES string of the molecule is C=C(C)C[C@H](NC(=O)c1ccc(NC)cc1)C(=O)N[C@@H]1C(=O)CO[C@@H]1C. The summed E-state index contributed by atoms with van der Waals surface area (Å²) in [6, 6.07) is 5.39. The Morgan fingerprint density at radius 2 is 1.96 bits per heavy atom. The molecule has 26 heavy (non-hydrogen) atoms. The van der Waals surface area contributed by atoms with E-state index in [1.165, 1.54) is 0 Å². The second-order valence-corrected chi connectivity index (χ2v) is 6.48. The standard InChI is InChI=1S/C19H25N3O4/c1-11(2)9-15(19(25)22-17-12(3)26-10-16(17)23)21-18(24)13-5-7-14(20-4)8-6-13/h5-8,12,15,17,20H,1,9-10H2,2-4H3,(H,21,24)(H,22,25)/t12-,15+,17+/m1/s1. The lowest BCUT2D eigenvalue weighted by molar-refractivity contribution is -0.127. The number of ketones is 1. The van der Waals surface area contributed by atoms with Crippen LogP contribution in [0.15, 0.2) is 36.4 Å². The predicted octanol–water partition coefficient (Wildman–Crippen LogP) is 1.27. The summed E-state index contributed by atoms with van der Waals surface area (Å²) in [5.74, 6) is -0.964. The molecular weight excluding hydrogens is 334 g/mol. The molecule has 0 bridgehead atoms. The van der Waals surface area contributed by atoms with Crippen LogP contribution in [0.3, 0.4) is 0 Å². The van der Waals surface area contributed by atoms with Crippen molar-refractivity contribution in [2.45, 2.75) is 38.5 Å². The van der Waals surface area contributed by atoms with E-state index >= 15 is 0 Å². The molecule has 0 radical (unpaired) electrons. The van der Waals surface area contributed by atoms with Gasteiger partial charge in [-0.3, -0.25) is 14.4 Å². The second-order valence-electron chi connectivity index (χ2n) is 6.48. The Hall–Kier alpha value is -2.67. The van der Waals surface area contributed by atoms with Gasteiger partial charge in [-0.1, -0.05) is 5.57 Å². The number of carbonyl (C=O) groups excluding carboxylic acids is 3. The summed E-state index contributed by atoms with van der Waals surface area (Å²) in [5.41, 5.74) is 2.07. The number of nitrogens with one attached hydrogen (secondary N) is 3. The minimum atomic E-state index is -0.815. The fraction of sp³-hybridized carbons (Fsp3) is 0.421. The molecule has 1 aromatic rings. The molecule has 1 aliphatic rings. The summed E-state index contributed by atoms with van der Waals surface area (Å²) < 4.78 is 5.24. The number of benzene rings is 1. The smallest absolute Gasteiger partial charge is 0.251 e. The third kappa shape index (κ3) is 4.92. The molecule has 1 aliphatic heterocycles. The zero-order chi connectivity index (χ0) is 19.3. The lowest BCUT2D eigenvalue weighted by Gasteiger charge is -2.22. The largest absolute Gasteiger partial charge is 0.388 e. The molecular formula is C19H25N3O4. The van der Waals surface area contributed by atoms with Crippen LogP contribution in [0.25, 0.3) is 0 Å². The quantitative estimate of drug-likeness (QED) is 0.637. The molecule has 1 saturated heterocycles. The monoisotopic (exact) mass is 359 g/mol. The van der Waals surface area contributed by atoms with Crippen molar-refractivity contribution in [1.82, 2.24) is 10.6 Å². The van der Waals surface area contributed by atoms with E-state index < -0.39 is 18.0 Å². The van der Waals surface area contributed by atoms with Crippen LogP contribution in [0.2, 0.25) is 0 Å². The normalized spacial score (nSPS) is 20.3. The number of carbonyl (C=O) groups is 3. The van der Waals surface area contributed by atoms with Gasteiger partial charge in [0.05, 0.1) is 6.10 Å². The van der Waals surface area contributed by atoms with Gasteiger partial charge >= 0.3 is 0 Å². The predicted molar refractivity (Wildman–Crippen MR) is 99.0 cm³/mol. The van der Waals surface area contributed by atoms with E-state index in [0.29, 0.717) is 5.56 Å². The number of hydrogen-bond donors (Lipinski definition) is 3. The molecule has 1 heterocycles. The first-order valence-electron chi connectivity index (χ1n) is 8.49. The van der Waals surface area contributed by atoms with Gasteiger partial charge in [-0.2, -0.15) is 0 Å². The molecule has 7 nitrogen and oxygen atoms in total. The summed E-state index contributed by atoms with van der Waals surface area (Å²) in [4.78, 5) is 36.9. The molecule has 0 saturated carbocycles. The summed E-state index contributed by atoms with van der Waals surface area (Å²) in [7, 11) is 1.79. The fourth-order valence-corrected chi connectivity index (χ4v) is 2.70. The summed E-state index contributed by atoms with van der Waals surface area (Å²) >= 11 is 0. The van der Waals surface area contributed by atoms with Gasteiger partial charge in [0.2, 0.25) is 5.91 Å². The van der Waals surface area contributed by atoms with Crippen LogP contribution in [-0.4, -0.2) is 49.4 Å². The van der Waals surface area contributed by atoms with Gasteiger partial charge in [-0.25, -0.2) is 0 Å². The lowest BCUT2D eigenvalue weighted by atomic mass is 10.1. The zero-order valence-corrected chi connectivity index (χ0v) is 15.3. The average Bonchev–Trinajstić information content (AvgIpc) is 2.92. The van der Waals surface area contributed by atoms with Gasteiger partial charge in [-0.05, 0) is 44.5 Å². The number of Topliss-reactive ketones (excluding diaryl/α,β-unsaturated/α-hetero) is 1. The van der Waals surface area contributed by atoms with Gasteiger partial charge in [0.25, 0.3) is 5.91 Å². The minimum Gasteiger partial charge on any atom is -0.388 e. The molecule has 0 aliphatic carbocycles. The summed E-state index contributed by atoms with van der Waals surface area (Å²) in [5, 5.41) is 8.38. The van der Waals surface area contributed by atoms with E-state index in [9.17, 15) is 14.4 Å². The van der Waals surface area contributed by atoms with Crippen LogP contribution >= 0.6 is 0 Å². The van der Waals surface area contributed by atoms with Crippen molar-refractivity contribution in [1.29, 1.82) is 0 Å². The first-order chi connectivity index (χ1) is 12.3. The second kappa shape index (κ2) is 8.62. The molecule has 140 valence electrons. The Morgan fingerprint density at radius 3 is 2.46 bits per heavy atom. The number of amides is 2. The maximum Gasteiger partial charge on any atom is 0.251 e. The summed E-state index contributed by atoms with van der Waals surface area (Å²) in [6.07, 6.45) is -0.107. The molecule has 1 aromatic carbocycles. The van der Waals surface area contributed by atoms with Crippen LogP contribution in [-0.2, 0) is 14.3 Å². The minimum absolute atomic E-state index is 0.0125. The van der Waals surface area contributed by atoms with Crippen molar-refractivity contribution in [3.8, 4) is 0 Å². The Balaban J connectivity index is 2.07. The van der Waals surface area contributed by atoms with E-state index in [2.05, 4.69) is 22.5 Å². The molecule has 3 atom stereocenters. The van der Waals surface area contributed by atoms with Crippen molar-refractivity contribution in [2.24, 2.45) is 0 Å². The van der Waals surface area contributed by atoms with Crippen LogP contribution in [0.1, 0.15) is 30.6 Å². The van der Waals surface area contributed by atoms with Crippen molar-refractivity contribution < 1.29 is 19.1 Å². The first kappa shape index (κ1) is 19.7. The Bertz CT molecular complexity index is 699. The Labute approximate surface area is 153 Å². The molecule has 7 heteroatoms. The van der Waals surface area contributed by atoms with Crippen molar-refractivity contribution in [2.75, 3.05) is 19.0 Å². The van der Waals surface area contributed by atoms with Crippen molar-refractivity contribution in [3.63, 3.8) is 0 Å². The molecule has 1 fully saturated rings. The van der Waals surface area contributed by atoms with Crippen LogP contribution in [0.4, 0.5) is 5.69 Å². The number of rotatable bonds is 7. The molecule has 3 N–H and O–H groups in total. The fourth-order valence-electron chi connectivity index (χ4n) is 2.70. The topological polar surface area (TPSA) is 96.5 Å². The number of ether oxygens (including phenoxy) is 1. The lowest BCUT2D eigenvalue weighted by Crippen LogP contribution is -2.53. The zero-order valence-electron chi connectivity index (χ0n) is 15.3.